The molecule has 2 rings (SSSR count). The van der Waals surface area contributed by atoms with E-state index >= 15 is 0 Å². The van der Waals surface area contributed by atoms with Gasteiger partial charge in [-0.2, -0.15) is 0 Å². The van der Waals surface area contributed by atoms with Crippen LogP contribution in [0.15, 0.2) is 0 Å². The molecule has 1 aromatic heterocycles. The van der Waals surface area contributed by atoms with Crippen LogP contribution in [0.5, 0.6) is 0 Å². The first-order chi connectivity index (χ1) is 7.12. The highest BCUT2D eigenvalue weighted by molar-refractivity contribution is 7.13. The molecule has 0 saturated carbocycles. The van der Waals surface area contributed by atoms with Crippen molar-refractivity contribution in [2.45, 2.75) is 25.2 Å². The van der Waals surface area contributed by atoms with Crippen molar-refractivity contribution < 1.29 is 14.6 Å². The van der Waals surface area contributed by atoms with Crippen molar-refractivity contribution in [1.82, 2.24) is 10.2 Å². The molecule has 5 nitrogen and oxygen atoms in total. The van der Waals surface area contributed by atoms with Gasteiger partial charge in [0.2, 0.25) is 5.01 Å². The first-order valence-corrected chi connectivity index (χ1v) is 5.58. The van der Waals surface area contributed by atoms with Crippen LogP contribution in [0, 0.1) is 0 Å². The predicted octanol–water partition coefficient (Wildman–Crippen LogP) is 1.30. The Morgan fingerprint density at radius 3 is 2.93 bits per heavy atom. The molecule has 0 bridgehead atoms. The zero-order valence-electron chi connectivity index (χ0n) is 8.39. The van der Waals surface area contributed by atoms with Gasteiger partial charge >= 0.3 is 5.97 Å². The average molecular weight is 228 g/mol. The topological polar surface area (TPSA) is 72.3 Å². The highest BCUT2D eigenvalue weighted by Crippen LogP contribution is 2.34. The number of carbonyl (C=O) groups is 1. The van der Waals surface area contributed by atoms with E-state index in [-0.39, 0.29) is 10.4 Å². The van der Waals surface area contributed by atoms with E-state index in [0.29, 0.717) is 6.61 Å². The van der Waals surface area contributed by atoms with Crippen molar-refractivity contribution in [3.05, 3.63) is 10.0 Å². The van der Waals surface area contributed by atoms with Crippen LogP contribution in [-0.2, 0) is 10.2 Å². The second kappa shape index (κ2) is 3.86. The lowest BCUT2D eigenvalue weighted by Crippen LogP contribution is -2.32. The fourth-order valence-corrected chi connectivity index (χ4v) is 2.50. The lowest BCUT2D eigenvalue weighted by atomic mass is 9.86. The average Bonchev–Trinajstić information content (AvgIpc) is 2.68. The zero-order chi connectivity index (χ0) is 10.9. The summed E-state index contributed by atoms with van der Waals surface area (Å²) in [6.45, 7) is 3.42. The minimum Gasteiger partial charge on any atom is -0.476 e. The van der Waals surface area contributed by atoms with Gasteiger partial charge in [0.1, 0.15) is 5.01 Å². The van der Waals surface area contributed by atoms with Crippen LogP contribution in [0.2, 0.25) is 0 Å². The number of carboxylic acid groups (broad SMARTS) is 1. The summed E-state index contributed by atoms with van der Waals surface area (Å²) in [5.74, 6) is -1.01. The number of rotatable bonds is 2. The molecular weight excluding hydrogens is 216 g/mol. The monoisotopic (exact) mass is 228 g/mol. The van der Waals surface area contributed by atoms with Gasteiger partial charge < -0.3 is 9.84 Å². The molecule has 15 heavy (non-hydrogen) atoms. The standard InChI is InChI=1S/C9H12N2O3S/c1-9(3-2-4-14-5-9)8-11-10-6(15-8)7(12)13/h2-5H2,1H3,(H,12,13). The van der Waals surface area contributed by atoms with E-state index < -0.39 is 5.97 Å². The van der Waals surface area contributed by atoms with Crippen molar-refractivity contribution in [2.24, 2.45) is 0 Å². The molecule has 6 heteroatoms. The van der Waals surface area contributed by atoms with E-state index in [1.54, 1.807) is 0 Å². The Hall–Kier alpha value is -1.01. The largest absolute Gasteiger partial charge is 0.476 e. The summed E-state index contributed by atoms with van der Waals surface area (Å²) in [6.07, 6.45) is 1.96. The molecule has 2 heterocycles. The van der Waals surface area contributed by atoms with Gasteiger partial charge in [0, 0.05) is 12.0 Å². The first-order valence-electron chi connectivity index (χ1n) is 4.77. The molecule has 0 aromatic carbocycles. The van der Waals surface area contributed by atoms with Crippen LogP contribution >= 0.6 is 11.3 Å². The SMILES string of the molecule is CC1(c2nnc(C(=O)O)s2)CCCOC1. The third-order valence-electron chi connectivity index (χ3n) is 2.56. The molecule has 1 saturated heterocycles. The molecule has 0 amide bonds. The van der Waals surface area contributed by atoms with Gasteiger partial charge in [-0.25, -0.2) is 4.79 Å². The summed E-state index contributed by atoms with van der Waals surface area (Å²) in [5.41, 5.74) is -0.163. The highest BCUT2D eigenvalue weighted by Gasteiger charge is 2.33. The van der Waals surface area contributed by atoms with Crippen molar-refractivity contribution in [2.75, 3.05) is 13.2 Å². The molecular formula is C9H12N2O3S. The summed E-state index contributed by atoms with van der Waals surface area (Å²) in [5, 5.41) is 17.2. The second-order valence-corrected chi connectivity index (χ2v) is 4.91. The Kier molecular flexibility index (Phi) is 2.70. The van der Waals surface area contributed by atoms with Crippen LogP contribution in [0.1, 0.15) is 34.6 Å². The molecule has 0 radical (unpaired) electrons. The maximum absolute atomic E-state index is 10.7. The Balaban J connectivity index is 2.23. The second-order valence-electron chi connectivity index (χ2n) is 3.93. The van der Waals surface area contributed by atoms with Crippen molar-refractivity contribution >= 4 is 17.3 Å². The smallest absolute Gasteiger partial charge is 0.367 e. The minimum absolute atomic E-state index is 0.0526. The van der Waals surface area contributed by atoms with Gasteiger partial charge in [-0.15, -0.1) is 10.2 Å². The number of nitrogens with zero attached hydrogens (tertiary/aromatic N) is 2. The molecule has 82 valence electrons. The van der Waals surface area contributed by atoms with E-state index in [1.807, 2.05) is 6.92 Å². The van der Waals surface area contributed by atoms with E-state index in [0.717, 1.165) is 35.8 Å². The lowest BCUT2D eigenvalue weighted by molar-refractivity contribution is 0.0416. The Morgan fingerprint density at radius 1 is 1.60 bits per heavy atom. The van der Waals surface area contributed by atoms with Crippen LogP contribution in [0.3, 0.4) is 0 Å². The van der Waals surface area contributed by atoms with Crippen molar-refractivity contribution in [1.29, 1.82) is 0 Å². The molecule has 1 aliphatic heterocycles. The molecule has 1 aliphatic rings. The number of ether oxygens (including phenoxy) is 1. The number of hydrogen-bond donors (Lipinski definition) is 1. The maximum Gasteiger partial charge on any atom is 0.367 e. The van der Waals surface area contributed by atoms with Crippen LogP contribution < -0.4 is 0 Å². The lowest BCUT2D eigenvalue weighted by Gasteiger charge is -2.30. The van der Waals surface area contributed by atoms with Gasteiger partial charge in [0.25, 0.3) is 0 Å². The molecule has 1 fully saturated rings. The van der Waals surface area contributed by atoms with Gasteiger partial charge in [-0.3, -0.25) is 0 Å². The normalized spacial score (nSPS) is 26.5. The highest BCUT2D eigenvalue weighted by atomic mass is 32.1. The summed E-state index contributed by atoms with van der Waals surface area (Å²) < 4.78 is 5.40. The van der Waals surface area contributed by atoms with Gasteiger partial charge in [0.15, 0.2) is 0 Å². The van der Waals surface area contributed by atoms with E-state index in [4.69, 9.17) is 9.84 Å². The Bertz CT molecular complexity index is 371. The predicted molar refractivity (Wildman–Crippen MR) is 54.3 cm³/mol. The van der Waals surface area contributed by atoms with Crippen molar-refractivity contribution in [3.8, 4) is 0 Å². The first kappa shape index (κ1) is 10.5. The number of aromatic carboxylic acids is 1. The fraction of sp³-hybridized carbons (Fsp3) is 0.667. The number of aromatic nitrogens is 2. The van der Waals surface area contributed by atoms with E-state index in [2.05, 4.69) is 10.2 Å². The molecule has 0 aliphatic carbocycles. The molecule has 1 N–H and O–H groups in total. The summed E-state index contributed by atoms with van der Waals surface area (Å²) in [4.78, 5) is 10.7. The number of carboxylic acids is 1. The third kappa shape index (κ3) is 2.00. The minimum atomic E-state index is -1.01. The third-order valence-corrected chi connectivity index (χ3v) is 3.78. The zero-order valence-corrected chi connectivity index (χ0v) is 9.21. The fourth-order valence-electron chi connectivity index (χ4n) is 1.66. The van der Waals surface area contributed by atoms with Gasteiger partial charge in [-0.05, 0) is 12.8 Å². The van der Waals surface area contributed by atoms with Crippen LogP contribution in [0.25, 0.3) is 0 Å². The summed E-state index contributed by atoms with van der Waals surface area (Å²) in [6, 6.07) is 0. The van der Waals surface area contributed by atoms with Crippen LogP contribution in [-0.4, -0.2) is 34.5 Å². The molecule has 1 atom stereocenters. The molecule has 1 unspecified atom stereocenters. The van der Waals surface area contributed by atoms with Crippen LogP contribution in [0.4, 0.5) is 0 Å². The molecule has 1 aromatic rings. The quantitative estimate of drug-likeness (QED) is 0.826. The molecule has 0 spiro atoms. The van der Waals surface area contributed by atoms with E-state index in [9.17, 15) is 4.79 Å². The number of hydrogen-bond acceptors (Lipinski definition) is 5. The van der Waals surface area contributed by atoms with Gasteiger partial charge in [-0.1, -0.05) is 18.3 Å². The van der Waals surface area contributed by atoms with Crippen molar-refractivity contribution in [3.63, 3.8) is 0 Å². The Morgan fingerprint density at radius 2 is 2.40 bits per heavy atom. The van der Waals surface area contributed by atoms with E-state index in [1.165, 1.54) is 0 Å². The maximum atomic E-state index is 10.7. The summed E-state index contributed by atoms with van der Waals surface area (Å²) in [7, 11) is 0. The Labute approximate surface area is 91.1 Å². The summed E-state index contributed by atoms with van der Waals surface area (Å²) >= 11 is 1.14. The van der Waals surface area contributed by atoms with Gasteiger partial charge in [0.05, 0.1) is 6.61 Å².